The first-order valence-electron chi connectivity index (χ1n) is 6.41. The maximum Gasteiger partial charge on any atom is 0.223 e. The predicted molar refractivity (Wildman–Crippen MR) is 78.4 cm³/mol. The van der Waals surface area contributed by atoms with Crippen molar-refractivity contribution < 1.29 is 4.79 Å². The molecule has 1 fully saturated rings. The number of hydrogen-bond acceptors (Lipinski definition) is 3. The van der Waals surface area contributed by atoms with Gasteiger partial charge in [0.25, 0.3) is 0 Å². The van der Waals surface area contributed by atoms with Crippen LogP contribution in [0.4, 0.5) is 0 Å². The smallest absolute Gasteiger partial charge is 0.223 e. The summed E-state index contributed by atoms with van der Waals surface area (Å²) in [6, 6.07) is 2.05. The summed E-state index contributed by atoms with van der Waals surface area (Å²) < 4.78 is 1.08. The van der Waals surface area contributed by atoms with Gasteiger partial charge in [-0.2, -0.15) is 0 Å². The Labute approximate surface area is 120 Å². The molecule has 3 nitrogen and oxygen atoms in total. The van der Waals surface area contributed by atoms with Crippen LogP contribution in [0.1, 0.15) is 30.6 Å². The van der Waals surface area contributed by atoms with Gasteiger partial charge in [0.1, 0.15) is 0 Å². The summed E-state index contributed by atoms with van der Waals surface area (Å²) in [5, 5.41) is 5.07. The molecule has 0 aromatic carbocycles. The minimum Gasteiger partial charge on any atom is -0.351 e. The third-order valence-corrected chi connectivity index (χ3v) is 5.30. The van der Waals surface area contributed by atoms with Crippen molar-refractivity contribution in [2.75, 3.05) is 6.54 Å². The van der Waals surface area contributed by atoms with Crippen LogP contribution >= 0.6 is 27.3 Å². The van der Waals surface area contributed by atoms with Crippen molar-refractivity contribution in [3.63, 3.8) is 0 Å². The topological polar surface area (TPSA) is 55.1 Å². The van der Waals surface area contributed by atoms with Crippen molar-refractivity contribution in [3.05, 3.63) is 20.8 Å². The number of halogens is 1. The van der Waals surface area contributed by atoms with Gasteiger partial charge < -0.3 is 11.1 Å². The summed E-state index contributed by atoms with van der Waals surface area (Å²) in [6.45, 7) is 1.26. The maximum atomic E-state index is 12.2. The van der Waals surface area contributed by atoms with Gasteiger partial charge in [0.2, 0.25) is 5.91 Å². The van der Waals surface area contributed by atoms with Crippen LogP contribution in [0.2, 0.25) is 0 Å². The monoisotopic (exact) mass is 330 g/mol. The fourth-order valence-corrected chi connectivity index (χ4v) is 3.98. The lowest BCUT2D eigenvalue weighted by molar-refractivity contribution is -0.127. The molecule has 3 N–H and O–H groups in total. The Morgan fingerprint density at radius 3 is 2.94 bits per heavy atom. The van der Waals surface area contributed by atoms with Crippen LogP contribution in [0.3, 0.4) is 0 Å². The number of thiophene rings is 1. The minimum absolute atomic E-state index is 0.118. The fourth-order valence-electron chi connectivity index (χ4n) is 2.59. The van der Waals surface area contributed by atoms with Gasteiger partial charge in [0.15, 0.2) is 0 Å². The summed E-state index contributed by atoms with van der Waals surface area (Å²) in [4.78, 5) is 13.4. The zero-order chi connectivity index (χ0) is 13.0. The maximum absolute atomic E-state index is 12.2. The molecule has 0 bridgehead atoms. The van der Waals surface area contributed by atoms with Crippen molar-refractivity contribution in [2.45, 2.75) is 32.2 Å². The molecule has 18 heavy (non-hydrogen) atoms. The number of nitrogens with one attached hydrogen (secondary N) is 1. The van der Waals surface area contributed by atoms with Gasteiger partial charge in [-0.1, -0.05) is 12.8 Å². The standard InChI is InChI=1S/C13H19BrN2OS/c14-10-5-11(18-8-10)7-16-13(17)12-4-2-1-3-9(12)6-15/h5,8-9,12H,1-4,6-7,15H2,(H,16,17). The highest BCUT2D eigenvalue weighted by molar-refractivity contribution is 9.10. The zero-order valence-corrected chi connectivity index (χ0v) is 12.7. The molecule has 1 amide bonds. The highest BCUT2D eigenvalue weighted by Crippen LogP contribution is 2.29. The van der Waals surface area contributed by atoms with E-state index < -0.39 is 0 Å². The van der Waals surface area contributed by atoms with Gasteiger partial charge in [0.05, 0.1) is 6.54 Å². The summed E-state index contributed by atoms with van der Waals surface area (Å²) in [6.07, 6.45) is 4.45. The minimum atomic E-state index is 0.118. The first-order chi connectivity index (χ1) is 8.70. The summed E-state index contributed by atoms with van der Waals surface area (Å²) in [5.74, 6) is 0.663. The van der Waals surface area contributed by atoms with Gasteiger partial charge in [-0.05, 0) is 47.3 Å². The summed E-state index contributed by atoms with van der Waals surface area (Å²) in [5.41, 5.74) is 5.76. The first-order valence-corrected chi connectivity index (χ1v) is 8.08. The number of amides is 1. The molecular formula is C13H19BrN2OS. The third kappa shape index (κ3) is 3.56. The summed E-state index contributed by atoms with van der Waals surface area (Å²) >= 11 is 5.08. The number of carbonyl (C=O) groups is 1. The van der Waals surface area contributed by atoms with E-state index in [0.29, 0.717) is 19.0 Å². The Hall–Kier alpha value is -0.390. The quantitative estimate of drug-likeness (QED) is 0.891. The highest BCUT2D eigenvalue weighted by Gasteiger charge is 2.29. The number of hydrogen-bond donors (Lipinski definition) is 2. The molecule has 1 saturated carbocycles. The normalized spacial score (nSPS) is 23.9. The van der Waals surface area contributed by atoms with Crippen molar-refractivity contribution in [3.8, 4) is 0 Å². The fraction of sp³-hybridized carbons (Fsp3) is 0.615. The molecule has 2 rings (SSSR count). The Balaban J connectivity index is 1.86. The molecule has 2 atom stereocenters. The molecule has 0 aliphatic heterocycles. The average molecular weight is 331 g/mol. The molecule has 1 aromatic heterocycles. The Bertz CT molecular complexity index is 407. The van der Waals surface area contributed by atoms with Crippen LogP contribution < -0.4 is 11.1 Å². The van der Waals surface area contributed by atoms with Crippen LogP contribution in [-0.4, -0.2) is 12.5 Å². The SMILES string of the molecule is NCC1CCCCC1C(=O)NCc1cc(Br)cs1. The van der Waals surface area contributed by atoms with Gasteiger partial charge in [-0.15, -0.1) is 11.3 Å². The third-order valence-electron chi connectivity index (χ3n) is 3.61. The van der Waals surface area contributed by atoms with Crippen LogP contribution in [0, 0.1) is 11.8 Å². The molecule has 1 aliphatic rings. The zero-order valence-electron chi connectivity index (χ0n) is 10.3. The van der Waals surface area contributed by atoms with Gasteiger partial charge in [0, 0.05) is 20.6 Å². The molecule has 0 spiro atoms. The second-order valence-electron chi connectivity index (χ2n) is 4.84. The highest BCUT2D eigenvalue weighted by atomic mass is 79.9. The van der Waals surface area contributed by atoms with E-state index in [2.05, 4.69) is 21.2 Å². The Kier molecular flexibility index (Phi) is 5.21. The Morgan fingerprint density at radius 1 is 1.50 bits per heavy atom. The van der Waals surface area contributed by atoms with Gasteiger partial charge in [-0.25, -0.2) is 0 Å². The van der Waals surface area contributed by atoms with Crippen LogP contribution in [0.15, 0.2) is 15.9 Å². The van der Waals surface area contributed by atoms with E-state index in [1.807, 2.05) is 11.4 Å². The average Bonchev–Trinajstić information content (AvgIpc) is 2.81. The van der Waals surface area contributed by atoms with Crippen LogP contribution in [-0.2, 0) is 11.3 Å². The van der Waals surface area contributed by atoms with E-state index in [-0.39, 0.29) is 11.8 Å². The molecule has 100 valence electrons. The van der Waals surface area contributed by atoms with Crippen molar-refractivity contribution in [2.24, 2.45) is 17.6 Å². The predicted octanol–water partition coefficient (Wildman–Crippen LogP) is 2.89. The van der Waals surface area contributed by atoms with E-state index in [1.165, 1.54) is 11.3 Å². The van der Waals surface area contributed by atoms with Crippen molar-refractivity contribution >= 4 is 33.2 Å². The van der Waals surface area contributed by atoms with Gasteiger partial charge in [-0.3, -0.25) is 4.79 Å². The lowest BCUT2D eigenvalue weighted by Crippen LogP contribution is -2.39. The van der Waals surface area contributed by atoms with E-state index >= 15 is 0 Å². The number of carbonyl (C=O) groups excluding carboxylic acids is 1. The first kappa shape index (κ1) is 14.0. The van der Waals surface area contributed by atoms with Gasteiger partial charge >= 0.3 is 0 Å². The van der Waals surface area contributed by atoms with E-state index in [9.17, 15) is 4.79 Å². The number of rotatable bonds is 4. The molecule has 0 saturated heterocycles. The molecule has 5 heteroatoms. The van der Waals surface area contributed by atoms with Crippen molar-refractivity contribution in [1.82, 2.24) is 5.32 Å². The Morgan fingerprint density at radius 2 is 2.28 bits per heavy atom. The lowest BCUT2D eigenvalue weighted by Gasteiger charge is -2.29. The number of nitrogens with two attached hydrogens (primary N) is 1. The largest absolute Gasteiger partial charge is 0.351 e. The second kappa shape index (κ2) is 6.68. The molecule has 0 radical (unpaired) electrons. The molecule has 2 unspecified atom stereocenters. The molecule has 1 aliphatic carbocycles. The molecule has 1 aromatic rings. The molecular weight excluding hydrogens is 312 g/mol. The van der Waals surface area contributed by atoms with Crippen molar-refractivity contribution in [1.29, 1.82) is 0 Å². The van der Waals surface area contributed by atoms with E-state index in [1.54, 1.807) is 11.3 Å². The van der Waals surface area contributed by atoms with E-state index in [0.717, 1.165) is 23.7 Å². The van der Waals surface area contributed by atoms with E-state index in [4.69, 9.17) is 5.73 Å². The second-order valence-corrected chi connectivity index (χ2v) is 6.75. The lowest BCUT2D eigenvalue weighted by atomic mass is 9.79. The molecule has 1 heterocycles. The van der Waals surface area contributed by atoms with Crippen LogP contribution in [0.5, 0.6) is 0 Å². The van der Waals surface area contributed by atoms with Crippen LogP contribution in [0.25, 0.3) is 0 Å². The summed E-state index contributed by atoms with van der Waals surface area (Å²) in [7, 11) is 0.